The molecule has 0 aromatic heterocycles. The molecule has 1 aliphatic rings. The number of sulfonamides is 1. The van der Waals surface area contributed by atoms with Crippen molar-refractivity contribution >= 4 is 21.6 Å². The molecule has 1 amide bonds. The average molecular weight is 415 g/mol. The van der Waals surface area contributed by atoms with E-state index in [1.54, 1.807) is 19.1 Å². The third kappa shape index (κ3) is 4.99. The van der Waals surface area contributed by atoms with Crippen molar-refractivity contribution in [1.29, 1.82) is 0 Å². The number of carbonyl (C=O) groups is 1. The number of aryl methyl sites for hydroxylation is 3. The predicted octanol–water partition coefficient (Wildman–Crippen LogP) is 3.91. The lowest BCUT2D eigenvalue weighted by Crippen LogP contribution is -2.48. The van der Waals surface area contributed by atoms with Gasteiger partial charge >= 0.3 is 0 Å². The first-order chi connectivity index (χ1) is 13.7. The molecule has 0 aliphatic heterocycles. The Hall–Kier alpha value is -2.34. The number of nitrogens with one attached hydrogen (secondary N) is 1. The SMILES string of the molecule is Cc1ccc(N(C(C)C(=O)NC(C)c2ccc3c(c2)CCCC3)S(C)(=O)=O)cc1. The highest BCUT2D eigenvalue weighted by atomic mass is 32.2. The molecule has 0 saturated heterocycles. The minimum absolute atomic E-state index is 0.198. The van der Waals surface area contributed by atoms with Crippen LogP contribution in [0.4, 0.5) is 5.69 Å². The molecular weight excluding hydrogens is 384 g/mol. The molecule has 0 heterocycles. The molecule has 2 unspecified atom stereocenters. The van der Waals surface area contributed by atoms with E-state index in [1.165, 1.54) is 28.3 Å². The largest absolute Gasteiger partial charge is 0.348 e. The van der Waals surface area contributed by atoms with Crippen molar-refractivity contribution in [1.82, 2.24) is 5.32 Å². The van der Waals surface area contributed by atoms with Gasteiger partial charge in [-0.15, -0.1) is 0 Å². The van der Waals surface area contributed by atoms with Gasteiger partial charge in [-0.05, 0) is 75.3 Å². The van der Waals surface area contributed by atoms with Gasteiger partial charge in [0.05, 0.1) is 18.0 Å². The lowest BCUT2D eigenvalue weighted by molar-refractivity contribution is -0.122. The van der Waals surface area contributed by atoms with Gasteiger partial charge in [-0.1, -0.05) is 35.9 Å². The third-order valence-corrected chi connectivity index (χ3v) is 6.85. The van der Waals surface area contributed by atoms with E-state index in [0.717, 1.165) is 30.2 Å². The van der Waals surface area contributed by atoms with E-state index in [9.17, 15) is 13.2 Å². The van der Waals surface area contributed by atoms with Crippen molar-refractivity contribution in [3.8, 4) is 0 Å². The Morgan fingerprint density at radius 1 is 1.00 bits per heavy atom. The van der Waals surface area contributed by atoms with Crippen LogP contribution < -0.4 is 9.62 Å². The molecule has 2 aromatic rings. The Morgan fingerprint density at radius 2 is 1.62 bits per heavy atom. The Morgan fingerprint density at radius 3 is 2.24 bits per heavy atom. The fraction of sp³-hybridized carbons (Fsp3) is 0.435. The Labute approximate surface area is 174 Å². The fourth-order valence-electron chi connectivity index (χ4n) is 3.94. The van der Waals surface area contributed by atoms with Crippen LogP contribution in [0, 0.1) is 6.92 Å². The summed E-state index contributed by atoms with van der Waals surface area (Å²) in [5, 5.41) is 2.99. The summed E-state index contributed by atoms with van der Waals surface area (Å²) in [6, 6.07) is 12.5. The normalized spacial score (nSPS) is 15.9. The zero-order chi connectivity index (χ0) is 21.2. The van der Waals surface area contributed by atoms with Crippen molar-refractivity contribution in [2.75, 3.05) is 10.6 Å². The van der Waals surface area contributed by atoms with E-state index in [4.69, 9.17) is 0 Å². The molecular formula is C23H30N2O3S. The van der Waals surface area contributed by atoms with Crippen LogP contribution in [0.2, 0.25) is 0 Å². The topological polar surface area (TPSA) is 66.5 Å². The van der Waals surface area contributed by atoms with Gasteiger partial charge in [0.25, 0.3) is 0 Å². The van der Waals surface area contributed by atoms with Gasteiger partial charge in [0, 0.05) is 0 Å². The average Bonchev–Trinajstić information content (AvgIpc) is 2.68. The highest BCUT2D eigenvalue weighted by Gasteiger charge is 2.30. The van der Waals surface area contributed by atoms with Crippen LogP contribution in [0.5, 0.6) is 0 Å². The lowest BCUT2D eigenvalue weighted by Gasteiger charge is -2.29. The molecule has 0 radical (unpaired) electrons. The van der Waals surface area contributed by atoms with Gasteiger partial charge in [0.2, 0.25) is 15.9 Å². The lowest BCUT2D eigenvalue weighted by atomic mass is 9.89. The van der Waals surface area contributed by atoms with Crippen LogP contribution in [0.15, 0.2) is 42.5 Å². The van der Waals surface area contributed by atoms with Crippen LogP contribution in [-0.2, 0) is 27.7 Å². The van der Waals surface area contributed by atoms with Crippen LogP contribution in [0.25, 0.3) is 0 Å². The molecule has 0 spiro atoms. The molecule has 3 rings (SSSR count). The number of anilines is 1. The minimum atomic E-state index is -3.62. The number of carbonyl (C=O) groups excluding carboxylic acids is 1. The number of amides is 1. The molecule has 6 heteroatoms. The maximum Gasteiger partial charge on any atom is 0.244 e. The molecule has 0 fully saturated rings. The summed E-state index contributed by atoms with van der Waals surface area (Å²) in [5.41, 5.74) is 5.32. The van der Waals surface area contributed by atoms with Gasteiger partial charge < -0.3 is 5.32 Å². The molecule has 0 saturated carbocycles. The maximum absolute atomic E-state index is 12.9. The van der Waals surface area contributed by atoms with E-state index >= 15 is 0 Å². The van der Waals surface area contributed by atoms with E-state index in [-0.39, 0.29) is 11.9 Å². The summed E-state index contributed by atoms with van der Waals surface area (Å²) >= 11 is 0. The molecule has 5 nitrogen and oxygen atoms in total. The summed E-state index contributed by atoms with van der Waals surface area (Å²) in [5.74, 6) is -0.318. The van der Waals surface area contributed by atoms with Crippen molar-refractivity contribution in [2.24, 2.45) is 0 Å². The number of hydrogen-bond donors (Lipinski definition) is 1. The van der Waals surface area contributed by atoms with Crippen LogP contribution in [0.3, 0.4) is 0 Å². The maximum atomic E-state index is 12.9. The second-order valence-electron chi connectivity index (χ2n) is 8.04. The molecule has 29 heavy (non-hydrogen) atoms. The highest BCUT2D eigenvalue weighted by Crippen LogP contribution is 2.26. The highest BCUT2D eigenvalue weighted by molar-refractivity contribution is 7.92. The number of hydrogen-bond acceptors (Lipinski definition) is 3. The first-order valence-electron chi connectivity index (χ1n) is 10.1. The van der Waals surface area contributed by atoms with Gasteiger partial charge in [0.1, 0.15) is 6.04 Å². The smallest absolute Gasteiger partial charge is 0.244 e. The van der Waals surface area contributed by atoms with Gasteiger partial charge in [0.15, 0.2) is 0 Å². The second kappa shape index (κ2) is 8.57. The molecule has 2 atom stereocenters. The zero-order valence-electron chi connectivity index (χ0n) is 17.6. The van der Waals surface area contributed by atoms with Gasteiger partial charge in [-0.25, -0.2) is 8.42 Å². The molecule has 156 valence electrons. The number of nitrogens with zero attached hydrogens (tertiary/aromatic N) is 1. The third-order valence-electron chi connectivity index (χ3n) is 5.61. The molecule has 1 aliphatic carbocycles. The second-order valence-corrected chi connectivity index (χ2v) is 9.90. The first-order valence-corrected chi connectivity index (χ1v) is 12.0. The van der Waals surface area contributed by atoms with Crippen LogP contribution >= 0.6 is 0 Å². The van der Waals surface area contributed by atoms with Gasteiger partial charge in [-0.2, -0.15) is 0 Å². The van der Waals surface area contributed by atoms with E-state index < -0.39 is 16.1 Å². The van der Waals surface area contributed by atoms with Crippen molar-refractivity contribution < 1.29 is 13.2 Å². The molecule has 0 bridgehead atoms. The Balaban J connectivity index is 1.78. The summed E-state index contributed by atoms with van der Waals surface area (Å²) < 4.78 is 26.0. The van der Waals surface area contributed by atoms with Crippen molar-refractivity contribution in [2.45, 2.75) is 58.5 Å². The van der Waals surface area contributed by atoms with E-state index in [2.05, 4.69) is 23.5 Å². The fourth-order valence-corrected chi connectivity index (χ4v) is 5.12. The number of fused-ring (bicyclic) bond motifs is 1. The summed E-state index contributed by atoms with van der Waals surface area (Å²) in [7, 11) is -3.62. The summed E-state index contributed by atoms with van der Waals surface area (Å²) in [4.78, 5) is 12.9. The van der Waals surface area contributed by atoms with E-state index in [0.29, 0.717) is 5.69 Å². The van der Waals surface area contributed by atoms with Crippen LogP contribution in [-0.4, -0.2) is 26.6 Å². The van der Waals surface area contributed by atoms with E-state index in [1.807, 2.05) is 26.0 Å². The molecule has 2 aromatic carbocycles. The molecule has 1 N–H and O–H groups in total. The quantitative estimate of drug-likeness (QED) is 0.779. The number of benzene rings is 2. The predicted molar refractivity (Wildman–Crippen MR) is 118 cm³/mol. The minimum Gasteiger partial charge on any atom is -0.348 e. The Bertz CT molecular complexity index is 984. The zero-order valence-corrected chi connectivity index (χ0v) is 18.4. The first kappa shape index (κ1) is 21.4. The monoisotopic (exact) mass is 414 g/mol. The van der Waals surface area contributed by atoms with Crippen molar-refractivity contribution in [3.63, 3.8) is 0 Å². The Kier molecular flexibility index (Phi) is 6.32. The van der Waals surface area contributed by atoms with Gasteiger partial charge in [-0.3, -0.25) is 9.10 Å². The summed E-state index contributed by atoms with van der Waals surface area (Å²) in [6.45, 7) is 5.49. The summed E-state index contributed by atoms with van der Waals surface area (Å²) in [6.07, 6.45) is 5.76. The van der Waals surface area contributed by atoms with Crippen molar-refractivity contribution in [3.05, 3.63) is 64.7 Å². The standard InChI is InChI=1S/C23H30N2O3S/c1-16-9-13-22(14-10-16)25(29(4,27)28)18(3)23(26)24-17(2)20-12-11-19-7-5-6-8-21(19)15-20/h9-15,17-18H,5-8H2,1-4H3,(H,24,26). The number of rotatable bonds is 6. The van der Waals surface area contributed by atoms with Crippen LogP contribution in [0.1, 0.15) is 55.0 Å².